The summed E-state index contributed by atoms with van der Waals surface area (Å²) in [5, 5.41) is 15.0. The van der Waals surface area contributed by atoms with Gasteiger partial charge in [0.05, 0.1) is 36.8 Å². The molecule has 0 radical (unpaired) electrons. The molecule has 13 heteroatoms. The number of nitro groups is 1. The van der Waals surface area contributed by atoms with E-state index in [0.29, 0.717) is 18.6 Å². The first-order chi connectivity index (χ1) is 17.2. The van der Waals surface area contributed by atoms with E-state index in [0.717, 1.165) is 19.3 Å². The lowest BCUT2D eigenvalue weighted by Gasteiger charge is -2.32. The number of hydrazone groups is 1. The zero-order valence-electron chi connectivity index (χ0n) is 19.8. The number of hydrogen-bond donors (Lipinski definition) is 1. The van der Waals surface area contributed by atoms with Gasteiger partial charge in [-0.1, -0.05) is 30.9 Å². The summed E-state index contributed by atoms with van der Waals surface area (Å²) in [6.45, 7) is -0.457. The van der Waals surface area contributed by atoms with Gasteiger partial charge in [-0.3, -0.25) is 14.9 Å². The van der Waals surface area contributed by atoms with Crippen LogP contribution in [0.15, 0.2) is 46.4 Å². The summed E-state index contributed by atoms with van der Waals surface area (Å²) in [4.78, 5) is 23.1. The Labute approximate surface area is 214 Å². The van der Waals surface area contributed by atoms with Gasteiger partial charge in [-0.2, -0.15) is 9.41 Å². The number of carbonyl (C=O) groups excluding carboxylic acids is 1. The van der Waals surface area contributed by atoms with Gasteiger partial charge < -0.3 is 9.47 Å². The van der Waals surface area contributed by atoms with E-state index in [1.54, 1.807) is 0 Å². The molecule has 1 amide bonds. The molecule has 2 aromatic carbocycles. The first kappa shape index (κ1) is 27.4. The van der Waals surface area contributed by atoms with Crippen LogP contribution in [0, 0.1) is 10.1 Å². The highest BCUT2D eigenvalue weighted by molar-refractivity contribution is 7.89. The first-order valence-corrected chi connectivity index (χ1v) is 13.0. The zero-order chi connectivity index (χ0) is 26.3. The predicted molar refractivity (Wildman–Crippen MR) is 134 cm³/mol. The van der Waals surface area contributed by atoms with Crippen molar-refractivity contribution < 1.29 is 27.6 Å². The number of hydrogen-bond acceptors (Lipinski definition) is 8. The van der Waals surface area contributed by atoms with Crippen LogP contribution >= 0.6 is 11.6 Å². The fourth-order valence-corrected chi connectivity index (χ4v) is 5.81. The van der Waals surface area contributed by atoms with E-state index in [4.69, 9.17) is 21.1 Å². The Kier molecular flexibility index (Phi) is 9.24. The summed E-state index contributed by atoms with van der Waals surface area (Å²) >= 11 is 6.04. The highest BCUT2D eigenvalue weighted by atomic mass is 35.5. The van der Waals surface area contributed by atoms with Gasteiger partial charge in [0.15, 0.2) is 11.5 Å². The minimum Gasteiger partial charge on any atom is -0.493 e. The van der Waals surface area contributed by atoms with Crippen molar-refractivity contribution in [1.82, 2.24) is 9.73 Å². The van der Waals surface area contributed by atoms with Crippen LogP contribution in [0.3, 0.4) is 0 Å². The molecule has 0 spiro atoms. The summed E-state index contributed by atoms with van der Waals surface area (Å²) in [7, 11) is -1.20. The lowest BCUT2D eigenvalue weighted by atomic mass is 9.95. The molecule has 36 heavy (non-hydrogen) atoms. The fraction of sp³-hybridized carbons (Fsp3) is 0.391. The van der Waals surface area contributed by atoms with Crippen molar-refractivity contribution in [2.24, 2.45) is 5.10 Å². The van der Waals surface area contributed by atoms with Crippen molar-refractivity contribution in [2.75, 3.05) is 20.8 Å². The van der Waals surface area contributed by atoms with Crippen molar-refractivity contribution in [2.45, 2.75) is 43.0 Å². The molecule has 194 valence electrons. The second-order valence-corrected chi connectivity index (χ2v) is 10.4. The van der Waals surface area contributed by atoms with E-state index >= 15 is 0 Å². The first-order valence-electron chi connectivity index (χ1n) is 11.2. The summed E-state index contributed by atoms with van der Waals surface area (Å²) in [5.74, 6) is -0.0277. The van der Waals surface area contributed by atoms with Crippen LogP contribution < -0.4 is 14.9 Å². The van der Waals surface area contributed by atoms with Gasteiger partial charge in [-0.15, -0.1) is 0 Å². The van der Waals surface area contributed by atoms with E-state index in [1.807, 2.05) is 0 Å². The third-order valence-electron chi connectivity index (χ3n) is 5.83. The molecule has 2 aromatic rings. The third-order valence-corrected chi connectivity index (χ3v) is 8.06. The molecule has 3 rings (SSSR count). The maximum Gasteiger partial charge on any atom is 0.270 e. The Morgan fingerprint density at radius 3 is 2.50 bits per heavy atom. The number of ether oxygens (including phenoxy) is 2. The molecule has 0 atom stereocenters. The second-order valence-electron chi connectivity index (χ2n) is 8.11. The van der Waals surface area contributed by atoms with Gasteiger partial charge in [0.1, 0.15) is 0 Å². The van der Waals surface area contributed by atoms with Gasteiger partial charge in [0, 0.05) is 34.8 Å². The lowest BCUT2D eigenvalue weighted by Crippen LogP contribution is -2.46. The largest absolute Gasteiger partial charge is 0.493 e. The van der Waals surface area contributed by atoms with E-state index < -0.39 is 27.4 Å². The SMILES string of the molecule is COc1ccc(S(=O)(=O)N(CC(=O)N/N=C\c2cc([N+](=O)[O-])ccc2Cl)C2CCCCC2)cc1OC. The van der Waals surface area contributed by atoms with E-state index in [2.05, 4.69) is 10.5 Å². The highest BCUT2D eigenvalue weighted by Crippen LogP contribution is 2.33. The summed E-state index contributed by atoms with van der Waals surface area (Å²) < 4.78 is 38.8. The monoisotopic (exact) mass is 538 g/mol. The number of amides is 1. The number of nitrogens with one attached hydrogen (secondary N) is 1. The van der Waals surface area contributed by atoms with Gasteiger partial charge in [0.2, 0.25) is 10.0 Å². The summed E-state index contributed by atoms with van der Waals surface area (Å²) in [5.41, 5.74) is 2.34. The molecule has 0 unspecified atom stereocenters. The minimum absolute atomic E-state index is 0.0228. The molecule has 0 saturated heterocycles. The van der Waals surface area contributed by atoms with Gasteiger partial charge in [-0.05, 0) is 31.0 Å². The van der Waals surface area contributed by atoms with E-state index in [9.17, 15) is 23.3 Å². The number of sulfonamides is 1. The maximum absolute atomic E-state index is 13.6. The number of benzene rings is 2. The highest BCUT2D eigenvalue weighted by Gasteiger charge is 2.34. The molecule has 1 saturated carbocycles. The Balaban J connectivity index is 1.82. The normalized spacial score (nSPS) is 14.7. The average molecular weight is 539 g/mol. The van der Waals surface area contributed by atoms with E-state index in [1.165, 1.54) is 61.1 Å². The number of nitrogens with zero attached hydrogens (tertiary/aromatic N) is 3. The zero-order valence-corrected chi connectivity index (χ0v) is 21.4. The smallest absolute Gasteiger partial charge is 0.270 e. The van der Waals surface area contributed by atoms with Crippen LogP contribution in [0.4, 0.5) is 5.69 Å². The Morgan fingerprint density at radius 2 is 1.86 bits per heavy atom. The number of methoxy groups -OCH3 is 2. The molecular weight excluding hydrogens is 512 g/mol. The molecule has 1 fully saturated rings. The predicted octanol–water partition coefficient (Wildman–Crippen LogP) is 3.74. The standard InChI is InChI=1S/C23H27ClN4O7S/c1-34-21-11-9-19(13-22(21)35-2)36(32,33)27(17-6-4-3-5-7-17)15-23(29)26-25-14-16-12-18(28(30)31)8-10-20(16)24/h8-14,17H,3-7,15H2,1-2H3,(H,26,29)/b25-14-. The molecule has 1 aliphatic carbocycles. The van der Waals surface area contributed by atoms with Crippen molar-refractivity contribution in [1.29, 1.82) is 0 Å². The molecule has 1 N–H and O–H groups in total. The number of rotatable bonds is 10. The Morgan fingerprint density at radius 1 is 1.17 bits per heavy atom. The molecular formula is C23H27ClN4O7S. The van der Waals surface area contributed by atoms with Crippen molar-refractivity contribution in [3.63, 3.8) is 0 Å². The van der Waals surface area contributed by atoms with Gasteiger partial charge in [0.25, 0.3) is 11.6 Å². The molecule has 0 aliphatic heterocycles. The van der Waals surface area contributed by atoms with Crippen LogP contribution in [0.5, 0.6) is 11.5 Å². The molecule has 11 nitrogen and oxygen atoms in total. The number of non-ortho nitro benzene ring substituents is 1. The van der Waals surface area contributed by atoms with Gasteiger partial charge in [-0.25, -0.2) is 13.8 Å². The fourth-order valence-electron chi connectivity index (χ4n) is 3.99. The third kappa shape index (κ3) is 6.50. The summed E-state index contributed by atoms with van der Waals surface area (Å²) in [6.07, 6.45) is 5.14. The van der Waals surface area contributed by atoms with Crippen LogP contribution in [-0.2, 0) is 14.8 Å². The average Bonchev–Trinajstić information content (AvgIpc) is 2.88. The van der Waals surface area contributed by atoms with Crippen LogP contribution in [0.1, 0.15) is 37.7 Å². The molecule has 0 bridgehead atoms. The Bertz CT molecular complexity index is 1250. The maximum atomic E-state index is 13.6. The number of carbonyl (C=O) groups is 1. The number of nitro benzene ring substituents is 1. The van der Waals surface area contributed by atoms with Crippen LogP contribution in [-0.4, -0.2) is 56.6 Å². The quantitative estimate of drug-likeness (QED) is 0.276. The Hall–Kier alpha value is -3.22. The second kappa shape index (κ2) is 12.2. The molecule has 0 heterocycles. The summed E-state index contributed by atoms with van der Waals surface area (Å²) in [6, 6.07) is 7.74. The van der Waals surface area contributed by atoms with Crippen LogP contribution in [0.25, 0.3) is 0 Å². The minimum atomic E-state index is -4.06. The van der Waals surface area contributed by atoms with E-state index in [-0.39, 0.29) is 33.0 Å². The van der Waals surface area contributed by atoms with Crippen molar-refractivity contribution >= 4 is 39.4 Å². The van der Waals surface area contributed by atoms with Gasteiger partial charge >= 0.3 is 0 Å². The molecule has 0 aromatic heterocycles. The topological polar surface area (TPSA) is 140 Å². The van der Waals surface area contributed by atoms with Crippen molar-refractivity contribution in [3.05, 3.63) is 57.1 Å². The van der Waals surface area contributed by atoms with Crippen LogP contribution in [0.2, 0.25) is 5.02 Å². The molecule has 1 aliphatic rings. The lowest BCUT2D eigenvalue weighted by molar-refractivity contribution is -0.384. The van der Waals surface area contributed by atoms with Crippen molar-refractivity contribution in [3.8, 4) is 11.5 Å². The number of halogens is 1.